The van der Waals surface area contributed by atoms with E-state index in [9.17, 15) is 19.5 Å². The highest BCUT2D eigenvalue weighted by molar-refractivity contribution is 7.13. The number of benzene rings is 2. The number of rotatable bonds is 17. The number of hydrogen-bond donors (Lipinski definition) is 4. The predicted octanol–water partition coefficient (Wildman–Crippen LogP) is 4.70. The molecular weight excluding hydrogens is 705 g/mol. The van der Waals surface area contributed by atoms with Crippen molar-refractivity contribution < 1.29 is 33.7 Å². The van der Waals surface area contributed by atoms with Gasteiger partial charge < -0.3 is 40.2 Å². The molecule has 1 saturated heterocycles. The summed E-state index contributed by atoms with van der Waals surface area (Å²) in [7, 11) is 0. The average molecular weight is 751 g/mol. The number of alkyl carbamates (subject to hydrolysis) is 2. The minimum Gasteiger partial charge on any atom is -0.444 e. The highest BCUT2D eigenvalue weighted by Gasteiger charge is 2.31. The fourth-order valence-corrected chi connectivity index (χ4v) is 7.11. The topological polar surface area (TPSA) is 164 Å². The Bertz CT molecular complexity index is 1670. The molecule has 1 aliphatic heterocycles. The number of ether oxygens (including phenoxy) is 3. The first-order valence-electron chi connectivity index (χ1n) is 17.3. The molecule has 4 N–H and O–H groups in total. The number of nitrogens with zero attached hydrogens (tertiary/aromatic N) is 3. The Morgan fingerprint density at radius 2 is 1.54 bits per heavy atom. The SMILES string of the molecule is CC(C)C(NC(=O)OCc1csc(N2CCOCC2)n1)C(=O)N[C@@H](Cc1ccccc1)[C@@H](O)C[C@H](Cc1ccccc1)NC(=O)OCc1cncs1. The first kappa shape index (κ1) is 38.7. The van der Waals surface area contributed by atoms with Gasteiger partial charge in [-0.25, -0.2) is 14.6 Å². The van der Waals surface area contributed by atoms with Crippen molar-refractivity contribution in [3.05, 3.63) is 99.4 Å². The molecule has 0 aliphatic carbocycles. The van der Waals surface area contributed by atoms with Crippen LogP contribution in [0, 0.1) is 5.92 Å². The molecule has 5 rings (SSSR count). The number of morpholine rings is 1. The molecule has 0 spiro atoms. The van der Waals surface area contributed by atoms with Gasteiger partial charge in [-0.05, 0) is 36.3 Å². The molecule has 52 heavy (non-hydrogen) atoms. The van der Waals surface area contributed by atoms with E-state index >= 15 is 0 Å². The molecule has 3 heterocycles. The van der Waals surface area contributed by atoms with E-state index in [2.05, 4.69) is 30.8 Å². The first-order chi connectivity index (χ1) is 25.2. The Morgan fingerprint density at radius 1 is 0.885 bits per heavy atom. The van der Waals surface area contributed by atoms with Crippen LogP contribution >= 0.6 is 22.7 Å². The molecule has 278 valence electrons. The molecule has 2 aromatic heterocycles. The molecule has 1 fully saturated rings. The van der Waals surface area contributed by atoms with E-state index in [1.165, 1.54) is 22.7 Å². The lowest BCUT2D eigenvalue weighted by atomic mass is 9.93. The van der Waals surface area contributed by atoms with Gasteiger partial charge in [-0.15, -0.1) is 22.7 Å². The highest BCUT2D eigenvalue weighted by atomic mass is 32.1. The van der Waals surface area contributed by atoms with Crippen LogP contribution in [0.4, 0.5) is 14.7 Å². The first-order valence-corrected chi connectivity index (χ1v) is 19.1. The van der Waals surface area contributed by atoms with Crippen molar-refractivity contribution in [2.45, 2.75) is 70.6 Å². The van der Waals surface area contributed by atoms with Crippen LogP contribution in [0.3, 0.4) is 0 Å². The predicted molar refractivity (Wildman–Crippen MR) is 199 cm³/mol. The molecule has 13 nitrogen and oxygen atoms in total. The zero-order chi connectivity index (χ0) is 36.7. The molecule has 2 aromatic carbocycles. The number of anilines is 1. The minimum atomic E-state index is -1.08. The summed E-state index contributed by atoms with van der Waals surface area (Å²) in [5.41, 5.74) is 4.14. The van der Waals surface area contributed by atoms with Crippen molar-refractivity contribution in [1.29, 1.82) is 0 Å². The molecule has 4 atom stereocenters. The number of amides is 3. The van der Waals surface area contributed by atoms with E-state index in [0.29, 0.717) is 31.7 Å². The van der Waals surface area contributed by atoms with Gasteiger partial charge in [0.15, 0.2) is 5.13 Å². The van der Waals surface area contributed by atoms with Gasteiger partial charge in [0, 0.05) is 30.7 Å². The van der Waals surface area contributed by atoms with E-state index < -0.39 is 42.3 Å². The van der Waals surface area contributed by atoms with Crippen LogP contribution in [-0.4, -0.2) is 83.7 Å². The van der Waals surface area contributed by atoms with Gasteiger partial charge in [-0.3, -0.25) is 9.78 Å². The minimum absolute atomic E-state index is 0.0447. The molecule has 4 aromatic rings. The van der Waals surface area contributed by atoms with E-state index in [1.807, 2.05) is 79.9 Å². The van der Waals surface area contributed by atoms with Crippen molar-refractivity contribution in [2.75, 3.05) is 31.2 Å². The van der Waals surface area contributed by atoms with Crippen molar-refractivity contribution in [3.63, 3.8) is 0 Å². The number of hydrogen-bond acceptors (Lipinski definition) is 12. The van der Waals surface area contributed by atoms with Gasteiger partial charge in [-0.1, -0.05) is 74.5 Å². The van der Waals surface area contributed by atoms with E-state index in [4.69, 9.17) is 14.2 Å². The maximum absolute atomic E-state index is 13.8. The van der Waals surface area contributed by atoms with E-state index in [0.717, 1.165) is 34.2 Å². The Balaban J connectivity index is 1.23. The summed E-state index contributed by atoms with van der Waals surface area (Å²) < 4.78 is 16.3. The second-order valence-electron chi connectivity index (χ2n) is 12.8. The van der Waals surface area contributed by atoms with Gasteiger partial charge >= 0.3 is 12.2 Å². The lowest BCUT2D eigenvalue weighted by Crippen LogP contribution is -2.56. The molecular formula is C37H46N6O7S2. The van der Waals surface area contributed by atoms with Crippen LogP contribution in [0.15, 0.2) is 77.8 Å². The fourth-order valence-electron chi connectivity index (χ4n) is 5.74. The van der Waals surface area contributed by atoms with Gasteiger partial charge in [0.2, 0.25) is 5.91 Å². The number of nitrogens with one attached hydrogen (secondary N) is 3. The molecule has 1 unspecified atom stereocenters. The Hall–Kier alpha value is -4.57. The molecule has 0 radical (unpaired) electrons. The van der Waals surface area contributed by atoms with Gasteiger partial charge in [-0.2, -0.15) is 0 Å². The van der Waals surface area contributed by atoms with E-state index in [1.54, 1.807) is 11.7 Å². The number of aliphatic hydroxyl groups is 1. The lowest BCUT2D eigenvalue weighted by Gasteiger charge is -2.30. The number of aromatic nitrogens is 2. The van der Waals surface area contributed by atoms with Gasteiger partial charge in [0.25, 0.3) is 0 Å². The number of aliphatic hydroxyl groups excluding tert-OH is 1. The van der Waals surface area contributed by atoms with Crippen LogP contribution < -0.4 is 20.9 Å². The summed E-state index contributed by atoms with van der Waals surface area (Å²) in [6.45, 7) is 6.47. The van der Waals surface area contributed by atoms with Crippen molar-refractivity contribution in [2.24, 2.45) is 5.92 Å². The van der Waals surface area contributed by atoms with Crippen molar-refractivity contribution in [1.82, 2.24) is 25.9 Å². The Kier molecular flexibility index (Phi) is 14.8. The largest absolute Gasteiger partial charge is 0.444 e. The molecule has 1 aliphatic rings. The summed E-state index contributed by atoms with van der Waals surface area (Å²) in [5, 5.41) is 23.0. The van der Waals surface area contributed by atoms with Crippen LogP contribution in [-0.2, 0) is 45.1 Å². The third-order valence-electron chi connectivity index (χ3n) is 8.49. The van der Waals surface area contributed by atoms with Crippen molar-refractivity contribution in [3.8, 4) is 0 Å². The zero-order valence-corrected chi connectivity index (χ0v) is 30.9. The number of carbonyl (C=O) groups is 3. The third-order valence-corrected chi connectivity index (χ3v) is 10.2. The van der Waals surface area contributed by atoms with E-state index in [-0.39, 0.29) is 25.6 Å². The Morgan fingerprint density at radius 3 is 2.19 bits per heavy atom. The maximum atomic E-state index is 13.8. The summed E-state index contributed by atoms with van der Waals surface area (Å²) in [4.78, 5) is 51.2. The Labute approximate surface area is 311 Å². The summed E-state index contributed by atoms with van der Waals surface area (Å²) in [5.74, 6) is -0.762. The summed E-state index contributed by atoms with van der Waals surface area (Å²) in [6.07, 6.45) is 0.0407. The van der Waals surface area contributed by atoms with Crippen LogP contribution in [0.5, 0.6) is 0 Å². The number of carbonyl (C=O) groups excluding carboxylic acids is 3. The van der Waals surface area contributed by atoms with Gasteiger partial charge in [0.05, 0.1) is 41.4 Å². The second-order valence-corrected chi connectivity index (χ2v) is 14.7. The van der Waals surface area contributed by atoms with Crippen LogP contribution in [0.1, 0.15) is 42.0 Å². The normalized spacial score (nSPS) is 15.3. The molecule has 0 bridgehead atoms. The lowest BCUT2D eigenvalue weighted by molar-refractivity contribution is -0.125. The smallest absolute Gasteiger partial charge is 0.408 e. The van der Waals surface area contributed by atoms with Crippen LogP contribution in [0.2, 0.25) is 0 Å². The highest BCUT2D eigenvalue weighted by Crippen LogP contribution is 2.22. The van der Waals surface area contributed by atoms with Crippen LogP contribution in [0.25, 0.3) is 0 Å². The van der Waals surface area contributed by atoms with Gasteiger partial charge in [0.1, 0.15) is 19.3 Å². The van der Waals surface area contributed by atoms with Crippen molar-refractivity contribution >= 4 is 45.9 Å². The maximum Gasteiger partial charge on any atom is 0.408 e. The summed E-state index contributed by atoms with van der Waals surface area (Å²) in [6, 6.07) is 16.9. The quantitative estimate of drug-likeness (QED) is 0.119. The molecule has 3 amide bonds. The fraction of sp³-hybridized carbons (Fsp3) is 0.432. The summed E-state index contributed by atoms with van der Waals surface area (Å²) >= 11 is 2.86. The second kappa shape index (κ2) is 19.9. The molecule has 15 heteroatoms. The standard InChI is InChI=1S/C37H46N6O7S2/c1-25(2)33(42-37(47)49-21-29-23-51-35(39-29)43-13-15-48-16-14-43)34(45)41-31(18-27-11-7-4-8-12-27)32(44)19-28(17-26-9-5-3-6-10-26)40-36(46)50-22-30-20-38-24-52-30/h3-12,20,23-25,28,31-33,44H,13-19,21-22H2,1-2H3,(H,40,46)(H,41,45)(H,42,47)/t28-,31-,32-,33?/m0/s1. The zero-order valence-electron chi connectivity index (χ0n) is 29.3. The molecule has 0 saturated carbocycles. The number of thiazole rings is 2. The third kappa shape index (κ3) is 12.3. The monoisotopic (exact) mass is 750 g/mol. The average Bonchev–Trinajstić information content (AvgIpc) is 3.86.